The number of aromatic nitrogens is 2. The summed E-state index contributed by atoms with van der Waals surface area (Å²) in [4.78, 5) is 30.7. The van der Waals surface area contributed by atoms with E-state index in [-0.39, 0.29) is 18.0 Å². The Labute approximate surface area is 148 Å². The fraction of sp³-hybridized carbons (Fsp3) is 0.421. The van der Waals surface area contributed by atoms with E-state index >= 15 is 0 Å². The number of benzene rings is 1. The summed E-state index contributed by atoms with van der Waals surface area (Å²) >= 11 is 0. The lowest BCUT2D eigenvalue weighted by atomic mass is 10.1. The first kappa shape index (κ1) is 18.7. The smallest absolute Gasteiger partial charge is 0.253 e. The van der Waals surface area contributed by atoms with Gasteiger partial charge in [-0.2, -0.15) is 0 Å². The lowest BCUT2D eigenvalue weighted by Crippen LogP contribution is -2.28. The molecule has 1 heterocycles. The zero-order chi connectivity index (χ0) is 18.4. The molecule has 134 valence electrons. The molecule has 1 aromatic carbocycles. The van der Waals surface area contributed by atoms with Crippen molar-refractivity contribution in [2.75, 3.05) is 23.3 Å². The summed E-state index contributed by atoms with van der Waals surface area (Å²) in [6.45, 7) is 9.95. The largest absolute Gasteiger partial charge is 0.372 e. The third-order valence-electron chi connectivity index (χ3n) is 4.22. The predicted molar refractivity (Wildman–Crippen MR) is 101 cm³/mol. The number of carbonyl (C=O) groups is 1. The molecule has 2 rings (SSSR count). The molecule has 0 aliphatic carbocycles. The molecule has 0 saturated carbocycles. The molecule has 0 spiro atoms. The minimum Gasteiger partial charge on any atom is -0.372 e. The van der Waals surface area contributed by atoms with Gasteiger partial charge in [0.2, 0.25) is 5.91 Å². The van der Waals surface area contributed by atoms with Crippen molar-refractivity contribution in [1.82, 2.24) is 9.55 Å². The zero-order valence-corrected chi connectivity index (χ0v) is 15.4. The maximum absolute atomic E-state index is 12.3. The van der Waals surface area contributed by atoms with Crippen LogP contribution in [0.2, 0.25) is 0 Å². The van der Waals surface area contributed by atoms with E-state index < -0.39 is 0 Å². The van der Waals surface area contributed by atoms with Gasteiger partial charge in [0.25, 0.3) is 5.56 Å². The van der Waals surface area contributed by atoms with E-state index in [1.165, 1.54) is 17.0 Å². The molecular weight excluding hydrogens is 316 g/mol. The van der Waals surface area contributed by atoms with Gasteiger partial charge in [-0.15, -0.1) is 0 Å². The quantitative estimate of drug-likeness (QED) is 0.840. The number of carbonyl (C=O) groups excluding carboxylic acids is 1. The molecule has 6 nitrogen and oxygen atoms in total. The van der Waals surface area contributed by atoms with Gasteiger partial charge in [-0.3, -0.25) is 14.2 Å². The van der Waals surface area contributed by atoms with Gasteiger partial charge in [0.1, 0.15) is 6.54 Å². The zero-order valence-electron chi connectivity index (χ0n) is 15.4. The van der Waals surface area contributed by atoms with Gasteiger partial charge < -0.3 is 10.2 Å². The number of nitrogens with one attached hydrogen (secondary N) is 1. The maximum atomic E-state index is 12.3. The Bertz CT molecular complexity index is 794. The highest BCUT2D eigenvalue weighted by Gasteiger charge is 2.09. The Morgan fingerprint density at radius 3 is 2.48 bits per heavy atom. The lowest BCUT2D eigenvalue weighted by molar-refractivity contribution is -0.116. The van der Waals surface area contributed by atoms with E-state index in [1.54, 1.807) is 0 Å². The minimum absolute atomic E-state index is 0.0485. The van der Waals surface area contributed by atoms with Crippen LogP contribution in [0.3, 0.4) is 0 Å². The molecule has 0 atom stereocenters. The average Bonchev–Trinajstić information content (AvgIpc) is 2.60. The number of rotatable bonds is 7. The van der Waals surface area contributed by atoms with Crippen molar-refractivity contribution in [2.45, 2.75) is 40.7 Å². The van der Waals surface area contributed by atoms with Gasteiger partial charge in [0.15, 0.2) is 0 Å². The molecule has 0 saturated heterocycles. The molecule has 2 aromatic rings. The molecular formula is C19H26N4O2. The Morgan fingerprint density at radius 2 is 1.92 bits per heavy atom. The maximum Gasteiger partial charge on any atom is 0.253 e. The monoisotopic (exact) mass is 342 g/mol. The summed E-state index contributed by atoms with van der Waals surface area (Å²) in [5.74, 6) is -0.244. The van der Waals surface area contributed by atoms with Gasteiger partial charge in [-0.1, -0.05) is 6.92 Å². The van der Waals surface area contributed by atoms with Crippen molar-refractivity contribution < 1.29 is 4.79 Å². The number of amides is 1. The standard InChI is InChI=1S/C19H26N4O2/c1-5-15-11-19(25)23(13-20-15)12-18(24)21-17-9-8-16(10-14(17)4)22(6-2)7-3/h8-11,13H,5-7,12H2,1-4H3,(H,21,24). The summed E-state index contributed by atoms with van der Waals surface area (Å²) < 4.78 is 1.31. The molecule has 0 radical (unpaired) electrons. The Morgan fingerprint density at radius 1 is 1.20 bits per heavy atom. The Kier molecular flexibility index (Phi) is 6.33. The lowest BCUT2D eigenvalue weighted by Gasteiger charge is -2.22. The van der Waals surface area contributed by atoms with E-state index in [0.29, 0.717) is 6.42 Å². The molecule has 0 bridgehead atoms. The van der Waals surface area contributed by atoms with Crippen LogP contribution in [-0.4, -0.2) is 28.5 Å². The van der Waals surface area contributed by atoms with Crippen molar-refractivity contribution in [3.8, 4) is 0 Å². The Hall–Kier alpha value is -2.63. The Balaban J connectivity index is 2.09. The average molecular weight is 342 g/mol. The molecule has 0 aliphatic rings. The summed E-state index contributed by atoms with van der Waals surface area (Å²) in [6, 6.07) is 7.44. The van der Waals surface area contributed by atoms with Crippen molar-refractivity contribution >= 4 is 17.3 Å². The van der Waals surface area contributed by atoms with Crippen molar-refractivity contribution in [2.24, 2.45) is 0 Å². The van der Waals surface area contributed by atoms with Crippen LogP contribution in [-0.2, 0) is 17.8 Å². The fourth-order valence-electron chi connectivity index (χ4n) is 2.69. The molecule has 0 fully saturated rings. The second kappa shape index (κ2) is 8.46. The topological polar surface area (TPSA) is 67.2 Å². The van der Waals surface area contributed by atoms with Crippen LogP contribution in [0, 0.1) is 6.92 Å². The summed E-state index contributed by atoms with van der Waals surface area (Å²) in [7, 11) is 0. The van der Waals surface area contributed by atoms with Crippen LogP contribution in [0.5, 0.6) is 0 Å². The SMILES string of the molecule is CCc1cc(=O)n(CC(=O)Nc2ccc(N(CC)CC)cc2C)cn1. The first-order valence-electron chi connectivity index (χ1n) is 8.69. The predicted octanol–water partition coefficient (Wildman–Crippen LogP) is 2.60. The van der Waals surface area contributed by atoms with Crippen LogP contribution >= 0.6 is 0 Å². The minimum atomic E-state index is -0.244. The second-order valence-corrected chi connectivity index (χ2v) is 5.92. The molecule has 1 N–H and O–H groups in total. The van der Waals surface area contributed by atoms with Gasteiger partial charge in [-0.25, -0.2) is 4.98 Å². The van der Waals surface area contributed by atoms with E-state index in [9.17, 15) is 9.59 Å². The fourth-order valence-corrected chi connectivity index (χ4v) is 2.69. The number of hydrogen-bond donors (Lipinski definition) is 1. The number of nitrogens with zero attached hydrogens (tertiary/aromatic N) is 3. The third-order valence-corrected chi connectivity index (χ3v) is 4.22. The number of anilines is 2. The molecule has 0 aliphatic heterocycles. The van der Waals surface area contributed by atoms with Gasteiger partial charge in [-0.05, 0) is 51.0 Å². The van der Waals surface area contributed by atoms with E-state index in [2.05, 4.69) is 35.1 Å². The highest BCUT2D eigenvalue weighted by molar-refractivity contribution is 5.91. The molecule has 1 aromatic heterocycles. The van der Waals surface area contributed by atoms with Crippen molar-refractivity contribution in [3.05, 3.63) is 52.2 Å². The third kappa shape index (κ3) is 4.68. The summed E-state index contributed by atoms with van der Waals surface area (Å²) in [5.41, 5.74) is 3.40. The second-order valence-electron chi connectivity index (χ2n) is 5.92. The normalized spacial score (nSPS) is 10.6. The van der Waals surface area contributed by atoms with Crippen LogP contribution in [0.15, 0.2) is 35.4 Å². The van der Waals surface area contributed by atoms with Crippen LogP contribution < -0.4 is 15.8 Å². The summed E-state index contributed by atoms with van der Waals surface area (Å²) in [6.07, 6.45) is 2.12. The number of hydrogen-bond acceptors (Lipinski definition) is 4. The molecule has 6 heteroatoms. The van der Waals surface area contributed by atoms with E-state index in [4.69, 9.17) is 0 Å². The highest BCUT2D eigenvalue weighted by Crippen LogP contribution is 2.22. The van der Waals surface area contributed by atoms with Crippen LogP contribution in [0.25, 0.3) is 0 Å². The van der Waals surface area contributed by atoms with Gasteiger partial charge >= 0.3 is 0 Å². The van der Waals surface area contributed by atoms with Crippen LogP contribution in [0.1, 0.15) is 32.0 Å². The number of aryl methyl sites for hydroxylation is 2. The molecule has 25 heavy (non-hydrogen) atoms. The highest BCUT2D eigenvalue weighted by atomic mass is 16.2. The molecule has 0 unspecified atom stereocenters. The summed E-state index contributed by atoms with van der Waals surface area (Å²) in [5, 5.41) is 2.87. The molecule has 1 amide bonds. The van der Waals surface area contributed by atoms with Gasteiger partial charge in [0.05, 0.1) is 6.33 Å². The first-order chi connectivity index (χ1) is 12.0. The van der Waals surface area contributed by atoms with Crippen molar-refractivity contribution in [1.29, 1.82) is 0 Å². The van der Waals surface area contributed by atoms with Crippen molar-refractivity contribution in [3.63, 3.8) is 0 Å². The van der Waals surface area contributed by atoms with Gasteiger partial charge in [0, 0.05) is 36.2 Å². The van der Waals surface area contributed by atoms with E-state index in [0.717, 1.165) is 35.7 Å². The van der Waals surface area contributed by atoms with E-state index in [1.807, 2.05) is 26.0 Å². The van der Waals surface area contributed by atoms with Crippen LogP contribution in [0.4, 0.5) is 11.4 Å². The first-order valence-corrected chi connectivity index (χ1v) is 8.69.